The molecule has 0 amide bonds. The molecule has 0 saturated heterocycles. The predicted octanol–water partition coefficient (Wildman–Crippen LogP) is 2.45. The number of hydrogen-bond acceptors (Lipinski definition) is 5. The first kappa shape index (κ1) is 15.5. The van der Waals surface area contributed by atoms with Crippen molar-refractivity contribution in [2.75, 3.05) is 12.4 Å². The summed E-state index contributed by atoms with van der Waals surface area (Å²) in [7, 11) is -2.06. The highest BCUT2D eigenvalue weighted by atomic mass is 32.2. The largest absolute Gasteiger partial charge is 0.380 e. The molecule has 5 nitrogen and oxygen atoms in total. The van der Waals surface area contributed by atoms with Crippen molar-refractivity contribution in [1.29, 1.82) is 5.26 Å². The summed E-state index contributed by atoms with van der Waals surface area (Å²) in [5.74, 6) is 0. The second kappa shape index (κ2) is 6.26. The normalized spacial score (nSPS) is 11.1. The van der Waals surface area contributed by atoms with Crippen LogP contribution in [0.2, 0.25) is 0 Å². The van der Waals surface area contributed by atoms with Gasteiger partial charge in [-0.2, -0.15) is 5.26 Å². The van der Waals surface area contributed by atoms with Gasteiger partial charge in [-0.25, -0.2) is 13.1 Å². The average Bonchev–Trinajstić information content (AvgIpc) is 2.94. The first-order valence-electron chi connectivity index (χ1n) is 6.22. The number of sulfonamides is 1. The monoisotopic (exact) mass is 321 g/mol. The lowest BCUT2D eigenvalue weighted by Gasteiger charge is -2.11. The third-order valence-corrected chi connectivity index (χ3v) is 5.37. The Bertz CT molecular complexity index is 789. The summed E-state index contributed by atoms with van der Waals surface area (Å²) in [5.41, 5.74) is 2.36. The van der Waals surface area contributed by atoms with Crippen LogP contribution in [0.3, 0.4) is 0 Å². The topological polar surface area (TPSA) is 82.0 Å². The van der Waals surface area contributed by atoms with Gasteiger partial charge < -0.3 is 5.32 Å². The number of nitriles is 1. The zero-order chi connectivity index (χ0) is 15.5. The molecule has 0 aliphatic heterocycles. The number of rotatable bonds is 5. The molecule has 0 aliphatic carbocycles. The van der Waals surface area contributed by atoms with Gasteiger partial charge in [0, 0.05) is 22.5 Å². The summed E-state index contributed by atoms with van der Waals surface area (Å²) in [4.78, 5) is 1.25. The maximum absolute atomic E-state index is 11.8. The average molecular weight is 321 g/mol. The molecule has 2 N–H and O–H groups in total. The van der Waals surface area contributed by atoms with Crippen molar-refractivity contribution in [3.05, 3.63) is 45.6 Å². The van der Waals surface area contributed by atoms with E-state index in [9.17, 15) is 8.42 Å². The lowest BCUT2D eigenvalue weighted by molar-refractivity contribution is 0.588. The second-order valence-electron chi connectivity index (χ2n) is 4.45. The van der Waals surface area contributed by atoms with Crippen molar-refractivity contribution in [2.24, 2.45) is 0 Å². The van der Waals surface area contributed by atoms with E-state index in [2.05, 4.69) is 16.1 Å². The Morgan fingerprint density at radius 2 is 2.10 bits per heavy atom. The number of nitrogens with one attached hydrogen (secondary N) is 2. The number of hydrogen-bond donors (Lipinski definition) is 2. The Morgan fingerprint density at radius 3 is 2.71 bits per heavy atom. The van der Waals surface area contributed by atoms with Crippen LogP contribution >= 0.6 is 11.3 Å². The van der Waals surface area contributed by atoms with Crippen LogP contribution < -0.4 is 10.0 Å². The van der Waals surface area contributed by atoms with Crippen LogP contribution in [0.1, 0.15) is 16.0 Å². The quantitative estimate of drug-likeness (QED) is 0.886. The number of thiophene rings is 1. The SMILES string of the molecule is CNS(=O)(=O)c1ccc(C)c(NCc2cc(C#N)cs2)c1. The van der Waals surface area contributed by atoms with E-state index in [0.717, 1.165) is 16.1 Å². The van der Waals surface area contributed by atoms with Gasteiger partial charge in [0.25, 0.3) is 0 Å². The molecule has 0 radical (unpaired) electrons. The van der Waals surface area contributed by atoms with E-state index < -0.39 is 10.0 Å². The molecular weight excluding hydrogens is 306 g/mol. The van der Waals surface area contributed by atoms with E-state index >= 15 is 0 Å². The van der Waals surface area contributed by atoms with Crippen molar-refractivity contribution in [1.82, 2.24) is 4.72 Å². The van der Waals surface area contributed by atoms with Gasteiger partial charge in [0.15, 0.2) is 0 Å². The summed E-state index contributed by atoms with van der Waals surface area (Å²) in [6.45, 7) is 2.46. The molecule has 0 saturated carbocycles. The Labute approximate surface area is 128 Å². The molecule has 7 heteroatoms. The van der Waals surface area contributed by atoms with Crippen molar-refractivity contribution >= 4 is 27.0 Å². The Morgan fingerprint density at radius 1 is 1.33 bits per heavy atom. The van der Waals surface area contributed by atoms with E-state index in [0.29, 0.717) is 12.1 Å². The van der Waals surface area contributed by atoms with Crippen LogP contribution in [0, 0.1) is 18.3 Å². The summed E-state index contributed by atoms with van der Waals surface area (Å²) in [5, 5.41) is 13.8. The fourth-order valence-corrected chi connectivity index (χ4v) is 3.30. The first-order valence-corrected chi connectivity index (χ1v) is 8.58. The van der Waals surface area contributed by atoms with Crippen molar-refractivity contribution in [3.63, 3.8) is 0 Å². The second-order valence-corrected chi connectivity index (χ2v) is 7.33. The van der Waals surface area contributed by atoms with Crippen molar-refractivity contribution in [3.8, 4) is 6.07 Å². The van der Waals surface area contributed by atoms with Crippen molar-refractivity contribution < 1.29 is 8.42 Å². The van der Waals surface area contributed by atoms with Crippen LogP contribution in [0.5, 0.6) is 0 Å². The molecule has 21 heavy (non-hydrogen) atoms. The van der Waals surface area contributed by atoms with E-state index in [1.165, 1.54) is 18.4 Å². The Kier molecular flexibility index (Phi) is 4.63. The summed E-state index contributed by atoms with van der Waals surface area (Å²) in [6.07, 6.45) is 0. The highest BCUT2D eigenvalue weighted by molar-refractivity contribution is 7.89. The van der Waals surface area contributed by atoms with E-state index in [1.54, 1.807) is 23.6 Å². The molecule has 110 valence electrons. The fourth-order valence-electron chi connectivity index (χ4n) is 1.79. The number of benzene rings is 1. The predicted molar refractivity (Wildman–Crippen MR) is 83.8 cm³/mol. The van der Waals surface area contributed by atoms with Crippen LogP contribution in [-0.2, 0) is 16.6 Å². The molecule has 1 aromatic carbocycles. The van der Waals surface area contributed by atoms with Crippen LogP contribution in [0.15, 0.2) is 34.5 Å². The highest BCUT2D eigenvalue weighted by Gasteiger charge is 2.12. The lowest BCUT2D eigenvalue weighted by atomic mass is 10.2. The number of anilines is 1. The molecular formula is C14H15N3O2S2. The zero-order valence-corrected chi connectivity index (χ0v) is 13.3. The van der Waals surface area contributed by atoms with Gasteiger partial charge in [-0.3, -0.25) is 0 Å². The van der Waals surface area contributed by atoms with Crippen molar-refractivity contribution in [2.45, 2.75) is 18.4 Å². The molecule has 2 aromatic rings. The molecule has 1 heterocycles. The summed E-state index contributed by atoms with van der Waals surface area (Å²) >= 11 is 1.50. The van der Waals surface area contributed by atoms with E-state index in [-0.39, 0.29) is 4.90 Å². The molecule has 0 aliphatic rings. The number of nitrogens with zero attached hydrogens (tertiary/aromatic N) is 1. The molecule has 0 fully saturated rings. The van der Waals surface area contributed by atoms with Crippen LogP contribution in [0.4, 0.5) is 5.69 Å². The fraction of sp³-hybridized carbons (Fsp3) is 0.214. The lowest BCUT2D eigenvalue weighted by Crippen LogP contribution is -2.18. The third-order valence-electron chi connectivity index (χ3n) is 3.02. The Balaban J connectivity index is 2.20. The minimum atomic E-state index is -3.45. The standard InChI is InChI=1S/C14H15N3O2S2/c1-10-3-4-13(21(18,19)16-2)6-14(10)17-8-12-5-11(7-15)9-20-12/h3-6,9,16-17H,8H2,1-2H3. The minimum absolute atomic E-state index is 0.224. The maximum Gasteiger partial charge on any atom is 0.240 e. The third kappa shape index (κ3) is 3.61. The molecule has 0 spiro atoms. The van der Waals surface area contributed by atoms with Gasteiger partial charge >= 0.3 is 0 Å². The summed E-state index contributed by atoms with van der Waals surface area (Å²) < 4.78 is 25.9. The van der Waals surface area contributed by atoms with Crippen LogP contribution in [0.25, 0.3) is 0 Å². The number of aryl methyl sites for hydroxylation is 1. The molecule has 0 unspecified atom stereocenters. The van der Waals surface area contributed by atoms with Gasteiger partial charge in [-0.15, -0.1) is 11.3 Å². The smallest absolute Gasteiger partial charge is 0.240 e. The van der Waals surface area contributed by atoms with Crippen LogP contribution in [-0.4, -0.2) is 15.5 Å². The highest BCUT2D eigenvalue weighted by Crippen LogP contribution is 2.22. The van der Waals surface area contributed by atoms with Gasteiger partial charge in [0.05, 0.1) is 10.5 Å². The first-order chi connectivity index (χ1) is 9.96. The maximum atomic E-state index is 11.8. The molecule has 0 atom stereocenters. The molecule has 2 rings (SSSR count). The van der Waals surface area contributed by atoms with Gasteiger partial charge in [-0.05, 0) is 37.7 Å². The summed E-state index contributed by atoms with van der Waals surface area (Å²) in [6, 6.07) is 8.86. The minimum Gasteiger partial charge on any atom is -0.380 e. The Hall–Kier alpha value is -1.88. The molecule has 0 bridgehead atoms. The van der Waals surface area contributed by atoms with Gasteiger partial charge in [0.1, 0.15) is 6.07 Å². The van der Waals surface area contributed by atoms with E-state index in [4.69, 9.17) is 5.26 Å². The molecule has 1 aromatic heterocycles. The van der Waals surface area contributed by atoms with Gasteiger partial charge in [-0.1, -0.05) is 6.07 Å². The zero-order valence-electron chi connectivity index (χ0n) is 11.7. The van der Waals surface area contributed by atoms with E-state index in [1.807, 2.05) is 13.0 Å². The van der Waals surface area contributed by atoms with Gasteiger partial charge in [0.2, 0.25) is 10.0 Å².